The van der Waals surface area contributed by atoms with Crippen LogP contribution in [0.5, 0.6) is 0 Å². The molecule has 3 heterocycles. The molecule has 4 rings (SSSR count). The number of anilines is 1. The Morgan fingerprint density at radius 2 is 1.88 bits per heavy atom. The molecule has 1 aliphatic heterocycles. The number of fused-ring (bicyclic) bond motifs is 1. The van der Waals surface area contributed by atoms with Gasteiger partial charge in [0.15, 0.2) is 0 Å². The van der Waals surface area contributed by atoms with E-state index in [2.05, 4.69) is 20.0 Å². The standard InChI is InChI=1S/C18H19FN6O/c1-12-3-4-14(10-15(12)19)17(26)24-7-5-23(6-8-24)16-9-13(2)22-18-20-11-21-25(16)18/h3-4,9-11H,5-8H2,1-2H3. The molecule has 1 amide bonds. The second kappa shape index (κ2) is 6.36. The highest BCUT2D eigenvalue weighted by atomic mass is 19.1. The maximum Gasteiger partial charge on any atom is 0.254 e. The molecule has 1 saturated heterocycles. The molecular weight excluding hydrogens is 335 g/mol. The van der Waals surface area contributed by atoms with Crippen LogP contribution in [0.25, 0.3) is 5.78 Å². The summed E-state index contributed by atoms with van der Waals surface area (Å²) in [5, 5.41) is 4.23. The van der Waals surface area contributed by atoms with E-state index >= 15 is 0 Å². The predicted molar refractivity (Wildman–Crippen MR) is 94.8 cm³/mol. The van der Waals surface area contributed by atoms with Crippen LogP contribution in [0.3, 0.4) is 0 Å². The maximum absolute atomic E-state index is 13.7. The number of carbonyl (C=O) groups excluding carboxylic acids is 1. The minimum absolute atomic E-state index is 0.139. The number of halogens is 1. The normalized spacial score (nSPS) is 14.9. The third-order valence-electron chi connectivity index (χ3n) is 4.67. The first-order valence-corrected chi connectivity index (χ1v) is 8.51. The number of rotatable bonds is 2. The van der Waals surface area contributed by atoms with E-state index in [1.165, 1.54) is 12.4 Å². The number of nitrogens with zero attached hydrogens (tertiary/aromatic N) is 6. The van der Waals surface area contributed by atoms with Crippen molar-refractivity contribution in [2.24, 2.45) is 0 Å². The minimum atomic E-state index is -0.352. The number of aryl methyl sites for hydroxylation is 2. The van der Waals surface area contributed by atoms with Crippen molar-refractivity contribution in [2.45, 2.75) is 13.8 Å². The van der Waals surface area contributed by atoms with Crippen LogP contribution in [-0.2, 0) is 0 Å². The van der Waals surface area contributed by atoms with E-state index in [1.54, 1.807) is 28.5 Å². The monoisotopic (exact) mass is 354 g/mol. The molecule has 8 heteroatoms. The fourth-order valence-electron chi connectivity index (χ4n) is 3.18. The van der Waals surface area contributed by atoms with E-state index in [1.807, 2.05) is 13.0 Å². The molecule has 3 aromatic rings. The molecule has 134 valence electrons. The van der Waals surface area contributed by atoms with Crippen molar-refractivity contribution in [2.75, 3.05) is 31.1 Å². The third kappa shape index (κ3) is 2.87. The number of piperazine rings is 1. The van der Waals surface area contributed by atoms with Crippen LogP contribution in [0.1, 0.15) is 21.6 Å². The lowest BCUT2D eigenvalue weighted by molar-refractivity contribution is 0.0746. The van der Waals surface area contributed by atoms with Gasteiger partial charge in [0.2, 0.25) is 0 Å². The first-order chi connectivity index (χ1) is 12.5. The van der Waals surface area contributed by atoms with Gasteiger partial charge in [-0.15, -0.1) is 0 Å². The number of hydrogen-bond acceptors (Lipinski definition) is 5. The van der Waals surface area contributed by atoms with Gasteiger partial charge in [-0.1, -0.05) is 6.07 Å². The molecule has 1 fully saturated rings. The van der Waals surface area contributed by atoms with Gasteiger partial charge in [0.1, 0.15) is 18.0 Å². The zero-order valence-electron chi connectivity index (χ0n) is 14.7. The van der Waals surface area contributed by atoms with Crippen LogP contribution in [0.4, 0.5) is 10.2 Å². The summed E-state index contributed by atoms with van der Waals surface area (Å²) in [6.45, 7) is 6.06. The molecule has 0 aliphatic carbocycles. The largest absolute Gasteiger partial charge is 0.353 e. The number of benzene rings is 1. The summed E-state index contributed by atoms with van der Waals surface area (Å²) in [5.74, 6) is 0.989. The Kier molecular flexibility index (Phi) is 4.02. The van der Waals surface area contributed by atoms with Crippen molar-refractivity contribution >= 4 is 17.5 Å². The van der Waals surface area contributed by atoms with Crippen LogP contribution in [-0.4, -0.2) is 56.6 Å². The van der Waals surface area contributed by atoms with E-state index in [4.69, 9.17) is 0 Å². The predicted octanol–water partition coefficient (Wildman–Crippen LogP) is 1.84. The quantitative estimate of drug-likeness (QED) is 0.703. The summed E-state index contributed by atoms with van der Waals surface area (Å²) in [7, 11) is 0. The molecule has 0 spiro atoms. The van der Waals surface area contributed by atoms with E-state index in [9.17, 15) is 9.18 Å². The van der Waals surface area contributed by atoms with Crippen LogP contribution in [0, 0.1) is 19.7 Å². The van der Waals surface area contributed by atoms with Crippen LogP contribution in [0.15, 0.2) is 30.6 Å². The van der Waals surface area contributed by atoms with Crippen molar-refractivity contribution in [1.29, 1.82) is 0 Å². The Balaban J connectivity index is 1.51. The molecule has 0 N–H and O–H groups in total. The molecule has 26 heavy (non-hydrogen) atoms. The Morgan fingerprint density at radius 1 is 1.12 bits per heavy atom. The zero-order valence-corrected chi connectivity index (χ0v) is 14.7. The molecule has 1 aliphatic rings. The zero-order chi connectivity index (χ0) is 18.3. The summed E-state index contributed by atoms with van der Waals surface area (Å²) in [4.78, 5) is 25.1. The van der Waals surface area contributed by atoms with E-state index in [0.717, 1.165) is 11.5 Å². The molecule has 1 aromatic carbocycles. The van der Waals surface area contributed by atoms with Crippen molar-refractivity contribution in [3.05, 3.63) is 53.2 Å². The van der Waals surface area contributed by atoms with Gasteiger partial charge in [0, 0.05) is 43.5 Å². The number of aromatic nitrogens is 4. The van der Waals surface area contributed by atoms with Gasteiger partial charge in [0.25, 0.3) is 11.7 Å². The molecular formula is C18H19FN6O. The topological polar surface area (TPSA) is 66.6 Å². The third-order valence-corrected chi connectivity index (χ3v) is 4.67. The van der Waals surface area contributed by atoms with Crippen molar-refractivity contribution in [3.8, 4) is 0 Å². The fraction of sp³-hybridized carbons (Fsp3) is 0.333. The van der Waals surface area contributed by atoms with Crippen molar-refractivity contribution in [1.82, 2.24) is 24.5 Å². The lowest BCUT2D eigenvalue weighted by Gasteiger charge is -2.36. The summed E-state index contributed by atoms with van der Waals surface area (Å²) in [6, 6.07) is 6.60. The Hall–Kier alpha value is -3.03. The molecule has 0 radical (unpaired) electrons. The average molecular weight is 354 g/mol. The van der Waals surface area contributed by atoms with E-state index < -0.39 is 0 Å². The summed E-state index contributed by atoms with van der Waals surface area (Å²) in [6.07, 6.45) is 1.48. The van der Waals surface area contributed by atoms with Crippen molar-refractivity contribution in [3.63, 3.8) is 0 Å². The number of hydrogen-bond donors (Lipinski definition) is 0. The van der Waals surface area contributed by atoms with Gasteiger partial charge in [-0.05, 0) is 31.5 Å². The van der Waals surface area contributed by atoms with Gasteiger partial charge < -0.3 is 9.80 Å². The van der Waals surface area contributed by atoms with Gasteiger partial charge >= 0.3 is 0 Å². The Morgan fingerprint density at radius 3 is 2.62 bits per heavy atom. The first kappa shape index (κ1) is 16.4. The molecule has 0 saturated carbocycles. The average Bonchev–Trinajstić information content (AvgIpc) is 3.11. The van der Waals surface area contributed by atoms with Gasteiger partial charge in [0.05, 0.1) is 0 Å². The molecule has 0 bridgehead atoms. The number of carbonyl (C=O) groups is 1. The Labute approximate surface area is 150 Å². The van der Waals surface area contributed by atoms with Gasteiger partial charge in [-0.3, -0.25) is 4.79 Å². The van der Waals surface area contributed by atoms with Crippen molar-refractivity contribution < 1.29 is 9.18 Å². The highest BCUT2D eigenvalue weighted by Crippen LogP contribution is 2.19. The fourth-order valence-corrected chi connectivity index (χ4v) is 3.18. The summed E-state index contributed by atoms with van der Waals surface area (Å²) < 4.78 is 15.5. The second-order valence-electron chi connectivity index (χ2n) is 6.47. The maximum atomic E-state index is 13.7. The number of amides is 1. The molecule has 0 unspecified atom stereocenters. The van der Waals surface area contributed by atoms with Crippen LogP contribution in [0.2, 0.25) is 0 Å². The lowest BCUT2D eigenvalue weighted by atomic mass is 10.1. The molecule has 0 atom stereocenters. The Bertz CT molecular complexity index is 977. The van der Waals surface area contributed by atoms with E-state index in [-0.39, 0.29) is 11.7 Å². The minimum Gasteiger partial charge on any atom is -0.353 e. The second-order valence-corrected chi connectivity index (χ2v) is 6.47. The summed E-state index contributed by atoms with van der Waals surface area (Å²) in [5.41, 5.74) is 1.80. The van der Waals surface area contributed by atoms with Crippen LogP contribution < -0.4 is 4.90 Å². The molecule has 2 aromatic heterocycles. The van der Waals surface area contributed by atoms with Crippen LogP contribution >= 0.6 is 0 Å². The first-order valence-electron chi connectivity index (χ1n) is 8.51. The lowest BCUT2D eigenvalue weighted by Crippen LogP contribution is -2.49. The van der Waals surface area contributed by atoms with E-state index in [0.29, 0.717) is 43.1 Å². The highest BCUT2D eigenvalue weighted by Gasteiger charge is 2.24. The highest BCUT2D eigenvalue weighted by molar-refractivity contribution is 5.94. The summed E-state index contributed by atoms with van der Waals surface area (Å²) >= 11 is 0. The van der Waals surface area contributed by atoms with Gasteiger partial charge in [-0.2, -0.15) is 14.6 Å². The van der Waals surface area contributed by atoms with Gasteiger partial charge in [-0.25, -0.2) is 9.37 Å². The molecule has 7 nitrogen and oxygen atoms in total. The smallest absolute Gasteiger partial charge is 0.254 e. The SMILES string of the molecule is Cc1cc(N2CCN(C(=O)c3ccc(C)c(F)c3)CC2)n2ncnc2n1.